The molecule has 3 aliphatic rings. The van der Waals surface area contributed by atoms with E-state index in [1.54, 1.807) is 30.6 Å². The zero-order chi connectivity index (χ0) is 21.2. The average Bonchev–Trinajstić information content (AvgIpc) is 3.27. The van der Waals surface area contributed by atoms with Crippen molar-refractivity contribution in [3.63, 3.8) is 0 Å². The van der Waals surface area contributed by atoms with E-state index in [0.717, 1.165) is 49.3 Å². The van der Waals surface area contributed by atoms with Gasteiger partial charge in [0.15, 0.2) is 0 Å². The minimum atomic E-state index is 0.0419. The van der Waals surface area contributed by atoms with E-state index in [0.29, 0.717) is 18.5 Å². The fourth-order valence-electron chi connectivity index (χ4n) is 4.85. The number of aromatic hydroxyl groups is 1. The second-order valence-corrected chi connectivity index (χ2v) is 8.49. The molecule has 3 fully saturated rings. The molecule has 4 atom stereocenters. The lowest BCUT2D eigenvalue weighted by Crippen LogP contribution is -2.58. The van der Waals surface area contributed by atoms with Crippen LogP contribution in [0.15, 0.2) is 55.0 Å². The lowest BCUT2D eigenvalue weighted by molar-refractivity contribution is -0.133. The lowest BCUT2D eigenvalue weighted by atomic mass is 9.75. The predicted molar refractivity (Wildman–Crippen MR) is 115 cm³/mol. The maximum absolute atomic E-state index is 12.8. The number of benzene rings is 1. The highest BCUT2D eigenvalue weighted by atomic mass is 16.3. The van der Waals surface area contributed by atoms with Gasteiger partial charge in [0, 0.05) is 37.1 Å². The molecule has 3 saturated heterocycles. The number of pyridine rings is 1. The Balaban J connectivity index is 1.19. The number of amides is 1. The maximum Gasteiger partial charge on any atom is 0.224 e. The molecule has 0 spiro atoms. The largest absolute Gasteiger partial charge is 0.508 e. The van der Waals surface area contributed by atoms with Gasteiger partial charge in [0.25, 0.3) is 0 Å². The summed E-state index contributed by atoms with van der Waals surface area (Å²) in [6.45, 7) is 3.10. The molecular weight excluding hydrogens is 392 g/mol. The minimum absolute atomic E-state index is 0.0419. The minimum Gasteiger partial charge on any atom is -0.508 e. The maximum atomic E-state index is 12.8. The number of fused-ring (bicyclic) bond motifs is 3. The summed E-state index contributed by atoms with van der Waals surface area (Å²) in [6.07, 6.45) is 7.51. The molecule has 2 N–H and O–H groups in total. The number of hydrogen-bond donors (Lipinski definition) is 2. The van der Waals surface area contributed by atoms with Crippen molar-refractivity contribution in [2.24, 2.45) is 11.8 Å². The summed E-state index contributed by atoms with van der Waals surface area (Å²) in [5, 5.41) is 21.3. The van der Waals surface area contributed by atoms with E-state index < -0.39 is 0 Å². The van der Waals surface area contributed by atoms with Crippen LogP contribution in [0.4, 0.5) is 0 Å². The number of piperidine rings is 3. The van der Waals surface area contributed by atoms with Gasteiger partial charge in [-0.3, -0.25) is 19.4 Å². The Kier molecular flexibility index (Phi) is 5.38. The van der Waals surface area contributed by atoms with E-state index in [2.05, 4.69) is 25.5 Å². The van der Waals surface area contributed by atoms with Gasteiger partial charge >= 0.3 is 0 Å². The summed E-state index contributed by atoms with van der Waals surface area (Å²) in [4.78, 5) is 19.3. The Morgan fingerprint density at radius 2 is 2.19 bits per heavy atom. The fourth-order valence-corrected chi connectivity index (χ4v) is 4.85. The monoisotopic (exact) mass is 418 g/mol. The molecule has 1 amide bonds. The normalized spacial score (nSPS) is 24.8. The highest BCUT2D eigenvalue weighted by Gasteiger charge is 2.43. The molecule has 31 heavy (non-hydrogen) atoms. The molecule has 0 aliphatic carbocycles. The first-order valence-corrected chi connectivity index (χ1v) is 10.8. The van der Waals surface area contributed by atoms with Crippen LogP contribution in [0.2, 0.25) is 0 Å². The highest BCUT2D eigenvalue weighted by molar-refractivity contribution is 5.79. The van der Waals surface area contributed by atoms with Crippen LogP contribution in [0.5, 0.6) is 5.75 Å². The van der Waals surface area contributed by atoms with E-state index in [9.17, 15) is 9.90 Å². The van der Waals surface area contributed by atoms with Crippen molar-refractivity contribution in [3.05, 3.63) is 60.6 Å². The van der Waals surface area contributed by atoms with Gasteiger partial charge < -0.3 is 10.4 Å². The summed E-state index contributed by atoms with van der Waals surface area (Å²) in [5.41, 5.74) is 2.62. The topological polar surface area (TPSA) is 96.2 Å². The third-order valence-corrected chi connectivity index (χ3v) is 6.48. The van der Waals surface area contributed by atoms with Crippen LogP contribution in [0.25, 0.3) is 11.3 Å². The number of carbonyl (C=O) groups excluding carboxylic acids is 1. The molecule has 2 aromatic heterocycles. The molecule has 8 heteroatoms. The Morgan fingerprint density at radius 3 is 2.97 bits per heavy atom. The molecule has 160 valence electrons. The van der Waals surface area contributed by atoms with Gasteiger partial charge in [0.2, 0.25) is 5.91 Å². The summed E-state index contributed by atoms with van der Waals surface area (Å²) in [5.74, 6) is 0.803. The van der Waals surface area contributed by atoms with Crippen molar-refractivity contribution in [2.45, 2.75) is 32.0 Å². The fraction of sp³-hybridized carbons (Fsp3) is 0.391. The number of phenols is 1. The van der Waals surface area contributed by atoms with Gasteiger partial charge in [-0.15, -0.1) is 5.10 Å². The van der Waals surface area contributed by atoms with Gasteiger partial charge in [-0.05, 0) is 49.1 Å². The zero-order valence-electron chi connectivity index (χ0n) is 17.3. The summed E-state index contributed by atoms with van der Waals surface area (Å²) in [6, 6.07) is 11.3. The molecule has 3 aliphatic heterocycles. The van der Waals surface area contributed by atoms with Gasteiger partial charge in [-0.2, -0.15) is 0 Å². The molecule has 1 aromatic carbocycles. The first-order chi connectivity index (χ1) is 15.2. The van der Waals surface area contributed by atoms with E-state index in [1.807, 2.05) is 29.1 Å². The second kappa shape index (κ2) is 8.47. The first-order valence-electron chi connectivity index (χ1n) is 10.8. The van der Waals surface area contributed by atoms with E-state index in [1.165, 1.54) is 0 Å². The van der Waals surface area contributed by atoms with E-state index >= 15 is 0 Å². The second-order valence-electron chi connectivity index (χ2n) is 8.49. The molecular formula is C23H26N6O2. The van der Waals surface area contributed by atoms with Gasteiger partial charge in [-0.25, -0.2) is 0 Å². The lowest BCUT2D eigenvalue weighted by Gasteiger charge is -2.49. The molecule has 3 aromatic rings. The third-order valence-electron chi connectivity index (χ3n) is 6.48. The Bertz CT molecular complexity index is 1050. The summed E-state index contributed by atoms with van der Waals surface area (Å²) >= 11 is 0. The highest BCUT2D eigenvalue weighted by Crippen LogP contribution is 2.37. The van der Waals surface area contributed by atoms with Crippen LogP contribution < -0.4 is 5.32 Å². The molecule has 2 bridgehead atoms. The van der Waals surface area contributed by atoms with Crippen LogP contribution in [0.1, 0.15) is 18.4 Å². The van der Waals surface area contributed by atoms with Crippen LogP contribution >= 0.6 is 0 Å². The van der Waals surface area contributed by atoms with E-state index in [-0.39, 0.29) is 17.6 Å². The van der Waals surface area contributed by atoms with Crippen LogP contribution in [0.3, 0.4) is 0 Å². The Morgan fingerprint density at radius 1 is 1.26 bits per heavy atom. The van der Waals surface area contributed by atoms with Crippen LogP contribution in [0, 0.1) is 11.8 Å². The van der Waals surface area contributed by atoms with Crippen molar-refractivity contribution in [2.75, 3.05) is 13.1 Å². The van der Waals surface area contributed by atoms with Gasteiger partial charge in [0.1, 0.15) is 11.4 Å². The number of phenolic OH excluding ortho intramolecular Hbond substituents is 1. The summed E-state index contributed by atoms with van der Waals surface area (Å²) in [7, 11) is 0. The number of carbonyl (C=O) groups is 1. The average molecular weight is 419 g/mol. The van der Waals surface area contributed by atoms with E-state index in [4.69, 9.17) is 0 Å². The van der Waals surface area contributed by atoms with Gasteiger partial charge in [0.05, 0.1) is 18.7 Å². The quantitative estimate of drug-likeness (QED) is 0.636. The summed E-state index contributed by atoms with van der Waals surface area (Å²) < 4.78 is 1.88. The number of aromatic nitrogens is 4. The molecule has 1 unspecified atom stereocenters. The van der Waals surface area contributed by atoms with Crippen molar-refractivity contribution < 1.29 is 9.90 Å². The molecule has 5 heterocycles. The number of rotatable bonds is 6. The Labute approximate surface area is 180 Å². The van der Waals surface area contributed by atoms with Crippen LogP contribution in [-0.4, -0.2) is 55.0 Å². The zero-order valence-corrected chi connectivity index (χ0v) is 17.3. The van der Waals surface area contributed by atoms with Crippen LogP contribution in [-0.2, 0) is 17.9 Å². The number of nitrogens with zero attached hydrogens (tertiary/aromatic N) is 5. The molecule has 6 rings (SSSR count). The van der Waals surface area contributed by atoms with Gasteiger partial charge in [-0.1, -0.05) is 23.4 Å². The van der Waals surface area contributed by atoms with Crippen molar-refractivity contribution in [1.82, 2.24) is 30.2 Å². The number of nitrogens with one attached hydrogen (secondary N) is 1. The standard InChI is InChI=1S/C23H26N6O2/c30-20-5-1-4-18(10-20)22-15-29(27-26-22)13-19-9-17-6-8-28(19)14-21(17)23(31)25-12-16-3-2-7-24-11-16/h1-5,7,10-11,15,17,19,21,30H,6,8-9,12-14H2,(H,25,31)/t17-,19+,21-/m0/s1. The molecule has 0 radical (unpaired) electrons. The van der Waals surface area contributed by atoms with Crippen molar-refractivity contribution in [3.8, 4) is 17.0 Å². The van der Waals surface area contributed by atoms with Crippen molar-refractivity contribution in [1.29, 1.82) is 0 Å². The SMILES string of the molecule is O=C(NCc1cccnc1)[C@H]1CN2CC[C@H]1C[C@@H]2Cn1cc(-c2cccc(O)c2)nn1. The van der Waals surface area contributed by atoms with Crippen molar-refractivity contribution >= 4 is 5.91 Å². The first kappa shape index (κ1) is 19.7. The third kappa shape index (κ3) is 4.29. The molecule has 0 saturated carbocycles. The molecule has 8 nitrogen and oxygen atoms in total. The predicted octanol–water partition coefficient (Wildman–Crippen LogP) is 2.07. The Hall–Kier alpha value is -3.26. The number of hydrogen-bond acceptors (Lipinski definition) is 6. The smallest absolute Gasteiger partial charge is 0.224 e.